The number of hydrogen-bond acceptors (Lipinski definition) is 2. The van der Waals surface area contributed by atoms with Crippen molar-refractivity contribution >= 4 is 0 Å². The minimum Gasteiger partial charge on any atom is -0.378 e. The van der Waals surface area contributed by atoms with Gasteiger partial charge in [-0.25, -0.2) is 0 Å². The third kappa shape index (κ3) is 2.79. The largest absolute Gasteiger partial charge is 0.378 e. The zero-order valence-corrected chi connectivity index (χ0v) is 13.8. The molecule has 0 spiro atoms. The van der Waals surface area contributed by atoms with E-state index in [1.54, 1.807) is 0 Å². The van der Waals surface area contributed by atoms with Crippen LogP contribution < -0.4 is 0 Å². The highest BCUT2D eigenvalue weighted by atomic mass is 16.5. The molecule has 0 amide bonds. The van der Waals surface area contributed by atoms with E-state index < -0.39 is 0 Å². The summed E-state index contributed by atoms with van der Waals surface area (Å²) in [7, 11) is 0. The average molecular weight is 292 g/mol. The number of ether oxygens (including phenoxy) is 2. The van der Waals surface area contributed by atoms with Gasteiger partial charge in [0.05, 0.1) is 18.3 Å². The van der Waals surface area contributed by atoms with Crippen LogP contribution in [0.1, 0.15) is 65.2 Å². The SMILES string of the molecule is CCOC1CC2CC(CC(C)OC3CC4CCC3C4)C1C2. The van der Waals surface area contributed by atoms with Gasteiger partial charge in [0.2, 0.25) is 0 Å². The van der Waals surface area contributed by atoms with E-state index in [4.69, 9.17) is 9.47 Å². The molecule has 0 aromatic carbocycles. The Labute approximate surface area is 130 Å². The molecule has 2 nitrogen and oxygen atoms in total. The van der Waals surface area contributed by atoms with Gasteiger partial charge in [0.25, 0.3) is 0 Å². The monoisotopic (exact) mass is 292 g/mol. The van der Waals surface area contributed by atoms with E-state index in [0.29, 0.717) is 18.3 Å². The summed E-state index contributed by atoms with van der Waals surface area (Å²) >= 11 is 0. The Balaban J connectivity index is 1.28. The zero-order valence-electron chi connectivity index (χ0n) is 13.8. The lowest BCUT2D eigenvalue weighted by molar-refractivity contribution is -0.0540. The molecule has 4 rings (SSSR count). The third-order valence-corrected chi connectivity index (χ3v) is 6.99. The molecule has 0 heterocycles. The molecule has 0 aromatic heterocycles. The predicted octanol–water partition coefficient (Wildman–Crippen LogP) is 4.42. The first-order valence-electron chi connectivity index (χ1n) is 9.50. The maximum absolute atomic E-state index is 6.47. The average Bonchev–Trinajstić information content (AvgIpc) is 3.18. The number of fused-ring (bicyclic) bond motifs is 4. The van der Waals surface area contributed by atoms with Gasteiger partial charge in [0.15, 0.2) is 0 Å². The van der Waals surface area contributed by atoms with Gasteiger partial charge in [-0.2, -0.15) is 0 Å². The van der Waals surface area contributed by atoms with Crippen molar-refractivity contribution in [2.24, 2.45) is 29.6 Å². The molecule has 8 atom stereocenters. The second-order valence-corrected chi connectivity index (χ2v) is 8.39. The Morgan fingerprint density at radius 2 is 1.81 bits per heavy atom. The zero-order chi connectivity index (χ0) is 14.4. The number of hydrogen-bond donors (Lipinski definition) is 0. The molecule has 21 heavy (non-hydrogen) atoms. The first kappa shape index (κ1) is 14.5. The maximum Gasteiger partial charge on any atom is 0.0609 e. The molecule has 4 aliphatic carbocycles. The first-order chi connectivity index (χ1) is 10.2. The van der Waals surface area contributed by atoms with Crippen LogP contribution in [0.4, 0.5) is 0 Å². The van der Waals surface area contributed by atoms with E-state index >= 15 is 0 Å². The molecule has 8 unspecified atom stereocenters. The third-order valence-electron chi connectivity index (χ3n) is 6.99. The van der Waals surface area contributed by atoms with Crippen molar-refractivity contribution in [3.63, 3.8) is 0 Å². The first-order valence-corrected chi connectivity index (χ1v) is 9.50. The molecular weight excluding hydrogens is 260 g/mol. The van der Waals surface area contributed by atoms with Crippen LogP contribution in [0.2, 0.25) is 0 Å². The molecule has 0 saturated heterocycles. The summed E-state index contributed by atoms with van der Waals surface area (Å²) in [5, 5.41) is 0. The van der Waals surface area contributed by atoms with Gasteiger partial charge in [-0.1, -0.05) is 0 Å². The Hall–Kier alpha value is -0.0800. The molecule has 2 heteroatoms. The summed E-state index contributed by atoms with van der Waals surface area (Å²) in [5.74, 6) is 4.55. The minimum atomic E-state index is 0.459. The second kappa shape index (κ2) is 5.85. The van der Waals surface area contributed by atoms with Crippen molar-refractivity contribution in [3.05, 3.63) is 0 Å². The molecule has 120 valence electrons. The lowest BCUT2D eigenvalue weighted by atomic mass is 9.83. The van der Waals surface area contributed by atoms with Crippen molar-refractivity contribution in [1.29, 1.82) is 0 Å². The van der Waals surface area contributed by atoms with Crippen LogP contribution in [-0.4, -0.2) is 24.9 Å². The van der Waals surface area contributed by atoms with E-state index in [1.165, 1.54) is 51.4 Å². The molecule has 4 fully saturated rings. The summed E-state index contributed by atoms with van der Waals surface area (Å²) in [6.07, 6.45) is 12.8. The summed E-state index contributed by atoms with van der Waals surface area (Å²) in [5.41, 5.74) is 0. The molecule has 4 bridgehead atoms. The van der Waals surface area contributed by atoms with E-state index in [1.807, 2.05) is 0 Å². The van der Waals surface area contributed by atoms with Crippen LogP contribution in [0.5, 0.6) is 0 Å². The second-order valence-electron chi connectivity index (χ2n) is 8.39. The van der Waals surface area contributed by atoms with Gasteiger partial charge in [-0.05, 0) is 94.8 Å². The Morgan fingerprint density at radius 3 is 2.48 bits per heavy atom. The Bertz CT molecular complexity index is 369. The van der Waals surface area contributed by atoms with Gasteiger partial charge in [-0.3, -0.25) is 0 Å². The standard InChI is InChI=1S/C19H32O2/c1-3-20-19-11-14-8-16(17(19)9-14)6-12(2)21-18-10-13-4-5-15(18)7-13/h12-19H,3-11H2,1-2H3. The van der Waals surface area contributed by atoms with Gasteiger partial charge < -0.3 is 9.47 Å². The molecule has 4 aliphatic rings. The highest BCUT2D eigenvalue weighted by Gasteiger charge is 2.47. The quantitative estimate of drug-likeness (QED) is 0.721. The van der Waals surface area contributed by atoms with Crippen LogP contribution >= 0.6 is 0 Å². The fraction of sp³-hybridized carbons (Fsp3) is 1.00. The van der Waals surface area contributed by atoms with Crippen LogP contribution in [0, 0.1) is 29.6 Å². The highest BCUT2D eigenvalue weighted by Crippen LogP contribution is 2.52. The molecule has 0 N–H and O–H groups in total. The predicted molar refractivity (Wildman–Crippen MR) is 84.1 cm³/mol. The Morgan fingerprint density at radius 1 is 0.952 bits per heavy atom. The van der Waals surface area contributed by atoms with Crippen molar-refractivity contribution in [2.45, 2.75) is 83.5 Å². The van der Waals surface area contributed by atoms with Gasteiger partial charge in [-0.15, -0.1) is 0 Å². The lowest BCUT2D eigenvalue weighted by Gasteiger charge is -2.32. The van der Waals surface area contributed by atoms with Crippen molar-refractivity contribution < 1.29 is 9.47 Å². The summed E-state index contributed by atoms with van der Waals surface area (Å²) in [6, 6.07) is 0. The highest BCUT2D eigenvalue weighted by molar-refractivity contribution is 4.97. The van der Waals surface area contributed by atoms with Crippen molar-refractivity contribution in [2.75, 3.05) is 6.61 Å². The van der Waals surface area contributed by atoms with Gasteiger partial charge >= 0.3 is 0 Å². The molecule has 0 aromatic rings. The van der Waals surface area contributed by atoms with Crippen LogP contribution in [0.15, 0.2) is 0 Å². The van der Waals surface area contributed by atoms with Crippen molar-refractivity contribution in [3.8, 4) is 0 Å². The fourth-order valence-electron chi connectivity index (χ4n) is 6.24. The van der Waals surface area contributed by atoms with E-state index in [2.05, 4.69) is 13.8 Å². The van der Waals surface area contributed by atoms with E-state index in [9.17, 15) is 0 Å². The topological polar surface area (TPSA) is 18.5 Å². The lowest BCUT2D eigenvalue weighted by Crippen LogP contribution is -2.32. The smallest absolute Gasteiger partial charge is 0.0609 e. The van der Waals surface area contributed by atoms with Crippen LogP contribution in [0.25, 0.3) is 0 Å². The molecular formula is C19H32O2. The minimum absolute atomic E-state index is 0.459. The molecule has 4 saturated carbocycles. The maximum atomic E-state index is 6.47. The van der Waals surface area contributed by atoms with E-state index in [-0.39, 0.29) is 0 Å². The van der Waals surface area contributed by atoms with Gasteiger partial charge in [0, 0.05) is 6.61 Å². The van der Waals surface area contributed by atoms with Gasteiger partial charge in [0.1, 0.15) is 0 Å². The summed E-state index contributed by atoms with van der Waals surface area (Å²) in [4.78, 5) is 0. The normalized spacial score (nSPS) is 49.1. The molecule has 0 aliphatic heterocycles. The fourth-order valence-corrected chi connectivity index (χ4v) is 6.24. The summed E-state index contributed by atoms with van der Waals surface area (Å²) < 4.78 is 12.5. The number of rotatable bonds is 6. The van der Waals surface area contributed by atoms with Crippen LogP contribution in [-0.2, 0) is 9.47 Å². The Kier molecular flexibility index (Phi) is 4.04. The van der Waals surface area contributed by atoms with Crippen LogP contribution in [0.3, 0.4) is 0 Å². The van der Waals surface area contributed by atoms with E-state index in [0.717, 1.165) is 36.2 Å². The molecule has 0 radical (unpaired) electrons. The van der Waals surface area contributed by atoms with Crippen molar-refractivity contribution in [1.82, 2.24) is 0 Å². The summed E-state index contributed by atoms with van der Waals surface area (Å²) in [6.45, 7) is 5.35.